The van der Waals surface area contributed by atoms with Gasteiger partial charge in [-0.15, -0.1) is 56.7 Å². The lowest BCUT2D eigenvalue weighted by Crippen LogP contribution is -2.08. The number of fused-ring (bicyclic) bond motifs is 5. The average Bonchev–Trinajstić information content (AvgIpc) is 4.07. The van der Waals surface area contributed by atoms with Crippen LogP contribution in [0.2, 0.25) is 0 Å². The summed E-state index contributed by atoms with van der Waals surface area (Å²) >= 11 is 7.34. The van der Waals surface area contributed by atoms with E-state index in [0.717, 1.165) is 37.1 Å². The minimum Gasteiger partial charge on any atom is -0.450 e. The second-order valence-corrected chi connectivity index (χ2v) is 16.5. The molecular weight excluding hydrogens is 869 g/mol. The molecule has 0 saturated heterocycles. The molecular formula is C46H58F4O5S5. The maximum Gasteiger partial charge on any atom is 0.282 e. The molecule has 0 atom stereocenters. The van der Waals surface area contributed by atoms with Crippen LogP contribution in [0, 0.1) is 37.9 Å². The average molecular weight is 927 g/mol. The van der Waals surface area contributed by atoms with E-state index in [1.54, 1.807) is 18.3 Å². The third kappa shape index (κ3) is 15.7. The smallest absolute Gasteiger partial charge is 0.282 e. The minimum atomic E-state index is -0.503. The van der Waals surface area contributed by atoms with E-state index < -0.39 is 24.1 Å². The van der Waals surface area contributed by atoms with Crippen molar-refractivity contribution in [1.29, 1.82) is 0 Å². The summed E-state index contributed by atoms with van der Waals surface area (Å²) < 4.78 is 73.9. The summed E-state index contributed by atoms with van der Waals surface area (Å²) in [6, 6.07) is 13.9. The standard InChI is InChI=1S/C10H12OS.2C7H5FOS.2C6H3FOS.5C2H6/c1-10(2,3)8-6-7-4-5-12-9(7)11-8;1-4-2-5-3-6(8)9-7(5)10-4;1-4-5-2-3-10-7(5)9-6(4)8;2*7-5-3-4-1-2-9-6(4)8-5;5*1-2/h4-6H,1-3H3;2*2-3H,1H3;2*1-3H;5*1-2H3. The summed E-state index contributed by atoms with van der Waals surface area (Å²) in [7, 11) is 0. The van der Waals surface area contributed by atoms with Crippen molar-refractivity contribution in [2.45, 2.75) is 109 Å². The molecule has 10 aromatic heterocycles. The van der Waals surface area contributed by atoms with Gasteiger partial charge in [0.05, 0.1) is 0 Å². The maximum absolute atomic E-state index is 12.6. The van der Waals surface area contributed by atoms with Crippen molar-refractivity contribution in [3.8, 4) is 0 Å². The molecule has 0 unspecified atom stereocenters. The molecule has 5 nitrogen and oxygen atoms in total. The van der Waals surface area contributed by atoms with Crippen LogP contribution >= 0.6 is 56.7 Å². The van der Waals surface area contributed by atoms with Crippen LogP contribution < -0.4 is 0 Å². The third-order valence-electron chi connectivity index (χ3n) is 6.94. The molecule has 0 amide bonds. The van der Waals surface area contributed by atoms with Gasteiger partial charge in [-0.05, 0) is 71.8 Å². The van der Waals surface area contributed by atoms with E-state index in [-0.39, 0.29) is 5.41 Å². The highest BCUT2D eigenvalue weighted by atomic mass is 32.1. The van der Waals surface area contributed by atoms with Gasteiger partial charge >= 0.3 is 0 Å². The number of thiophene rings is 5. The largest absolute Gasteiger partial charge is 0.450 e. The number of furan rings is 5. The number of rotatable bonds is 0. The highest BCUT2D eigenvalue weighted by Crippen LogP contribution is 2.32. The zero-order valence-electron chi connectivity index (χ0n) is 37.1. The van der Waals surface area contributed by atoms with Gasteiger partial charge in [0.2, 0.25) is 0 Å². The fourth-order valence-corrected chi connectivity index (χ4v) is 8.29. The number of halogens is 4. The van der Waals surface area contributed by atoms with Gasteiger partial charge < -0.3 is 22.1 Å². The first-order valence-corrected chi connectivity index (χ1v) is 24.2. The third-order valence-corrected chi connectivity index (χ3v) is 11.1. The van der Waals surface area contributed by atoms with Crippen LogP contribution in [0.1, 0.15) is 106 Å². The summed E-state index contributed by atoms with van der Waals surface area (Å²) in [5.41, 5.74) is 0.731. The Morgan fingerprint density at radius 2 is 0.817 bits per heavy atom. The molecule has 10 heterocycles. The van der Waals surface area contributed by atoms with E-state index in [1.165, 1.54) is 68.9 Å². The Hall–Kier alpha value is -4.08. The minimum absolute atomic E-state index is 0.124. The van der Waals surface area contributed by atoms with E-state index >= 15 is 0 Å². The Kier molecular flexibility index (Phi) is 24.9. The van der Waals surface area contributed by atoms with Gasteiger partial charge in [0.25, 0.3) is 24.1 Å². The van der Waals surface area contributed by atoms with Crippen LogP contribution in [-0.4, -0.2) is 0 Å². The second-order valence-electron chi connectivity index (χ2n) is 11.7. The van der Waals surface area contributed by atoms with Crippen LogP contribution in [0.15, 0.2) is 98.2 Å². The molecule has 330 valence electrons. The van der Waals surface area contributed by atoms with Crippen molar-refractivity contribution in [2.75, 3.05) is 0 Å². The lowest BCUT2D eigenvalue weighted by atomic mass is 9.93. The Morgan fingerprint density at radius 3 is 1.22 bits per heavy atom. The van der Waals surface area contributed by atoms with Gasteiger partial charge in [0.15, 0.2) is 24.5 Å². The summed E-state index contributed by atoms with van der Waals surface area (Å²) in [5.74, 6) is 1.07. The van der Waals surface area contributed by atoms with Crippen molar-refractivity contribution in [2.24, 2.45) is 0 Å². The van der Waals surface area contributed by atoms with Crippen LogP contribution in [0.4, 0.5) is 17.6 Å². The molecule has 0 aromatic carbocycles. The van der Waals surface area contributed by atoms with Gasteiger partial charge in [0.1, 0.15) is 5.76 Å². The SMILES string of the molecule is CC.CC.CC.CC.CC.CC(C)(C)c1cc2ccsc2o1.Cc1c(F)oc2sccc12.Cc1cc2cc(F)oc2s1.Fc1cc2ccsc2o1.Fc1cc2ccsc2o1. The van der Waals surface area contributed by atoms with Gasteiger partial charge in [-0.2, -0.15) is 17.6 Å². The van der Waals surface area contributed by atoms with Crippen LogP contribution in [0.5, 0.6) is 0 Å². The summed E-state index contributed by atoms with van der Waals surface area (Å²) in [6.07, 6.45) is 0. The summed E-state index contributed by atoms with van der Waals surface area (Å²) in [5, 5.41) is 12.4. The molecule has 10 rings (SSSR count). The quantitative estimate of drug-likeness (QED) is 0.142. The van der Waals surface area contributed by atoms with Crippen molar-refractivity contribution in [1.82, 2.24) is 0 Å². The normalized spacial score (nSPS) is 9.92. The molecule has 60 heavy (non-hydrogen) atoms. The van der Waals surface area contributed by atoms with E-state index in [0.29, 0.717) is 25.2 Å². The highest BCUT2D eigenvalue weighted by molar-refractivity contribution is 7.18. The molecule has 0 aliphatic rings. The topological polar surface area (TPSA) is 65.7 Å². The Labute approximate surface area is 371 Å². The lowest BCUT2D eigenvalue weighted by molar-refractivity contribution is 0.378. The fraction of sp³-hybridized carbons (Fsp3) is 0.348. The second kappa shape index (κ2) is 27.7. The monoisotopic (exact) mass is 926 g/mol. The van der Waals surface area contributed by atoms with Crippen molar-refractivity contribution < 1.29 is 39.6 Å². The first-order valence-electron chi connectivity index (χ1n) is 19.8. The van der Waals surface area contributed by atoms with Crippen molar-refractivity contribution in [3.05, 3.63) is 116 Å². The molecule has 0 N–H and O–H groups in total. The molecule has 0 spiro atoms. The van der Waals surface area contributed by atoms with Crippen LogP contribution in [0.3, 0.4) is 0 Å². The molecule has 0 bridgehead atoms. The molecule has 0 aliphatic heterocycles. The zero-order chi connectivity index (χ0) is 45.6. The first-order chi connectivity index (χ1) is 28.8. The maximum atomic E-state index is 12.6. The number of aryl methyl sites for hydroxylation is 2. The van der Waals surface area contributed by atoms with Crippen LogP contribution in [-0.2, 0) is 5.41 Å². The van der Waals surface area contributed by atoms with E-state index in [4.69, 9.17) is 13.3 Å². The fourth-order valence-electron chi connectivity index (χ4n) is 4.46. The molecule has 14 heteroatoms. The molecule has 0 fully saturated rings. The van der Waals surface area contributed by atoms with Gasteiger partial charge in [0, 0.05) is 61.0 Å². The molecule has 0 saturated carbocycles. The number of hydrogen-bond donors (Lipinski definition) is 0. The predicted molar refractivity (Wildman–Crippen MR) is 255 cm³/mol. The van der Waals surface area contributed by atoms with Gasteiger partial charge in [-0.25, -0.2) is 0 Å². The highest BCUT2D eigenvalue weighted by Gasteiger charge is 2.19. The van der Waals surface area contributed by atoms with Gasteiger partial charge in [-0.1, -0.05) is 90.0 Å². The van der Waals surface area contributed by atoms with Crippen molar-refractivity contribution in [3.63, 3.8) is 0 Å². The first kappa shape index (κ1) is 53.9. The summed E-state index contributed by atoms with van der Waals surface area (Å²) in [6.45, 7) is 30.2. The van der Waals surface area contributed by atoms with E-state index in [2.05, 4.69) is 47.1 Å². The Morgan fingerprint density at radius 1 is 0.433 bits per heavy atom. The predicted octanol–water partition coefficient (Wildman–Crippen LogP) is 20.1. The number of hydrogen-bond acceptors (Lipinski definition) is 10. The Balaban J connectivity index is 0.000000357. The van der Waals surface area contributed by atoms with Crippen LogP contribution in [0.25, 0.3) is 51.4 Å². The molecule has 0 aliphatic carbocycles. The zero-order valence-corrected chi connectivity index (χ0v) is 41.2. The van der Waals surface area contributed by atoms with E-state index in [9.17, 15) is 17.6 Å². The molecule has 0 radical (unpaired) electrons. The van der Waals surface area contributed by atoms with E-state index in [1.807, 2.05) is 117 Å². The van der Waals surface area contributed by atoms with Crippen molar-refractivity contribution >= 4 is 108 Å². The molecule has 10 aromatic rings. The lowest BCUT2D eigenvalue weighted by Gasteiger charge is -2.13. The summed E-state index contributed by atoms with van der Waals surface area (Å²) in [4.78, 5) is 4.86. The van der Waals surface area contributed by atoms with Gasteiger partial charge in [-0.3, -0.25) is 0 Å². The Bertz CT molecular complexity index is 2370.